The van der Waals surface area contributed by atoms with Crippen molar-refractivity contribution < 1.29 is 14.3 Å². The number of fused-ring (bicyclic) bond motifs is 1. The summed E-state index contributed by atoms with van der Waals surface area (Å²) in [6.07, 6.45) is -0.425. The second kappa shape index (κ2) is 12.4. The highest BCUT2D eigenvalue weighted by molar-refractivity contribution is 6.30. The number of hydrogen-bond acceptors (Lipinski definition) is 4. The molecule has 1 heterocycles. The predicted octanol–water partition coefficient (Wildman–Crippen LogP) is 8.03. The molecule has 1 aliphatic heterocycles. The van der Waals surface area contributed by atoms with Gasteiger partial charge in [-0.2, -0.15) is 0 Å². The summed E-state index contributed by atoms with van der Waals surface area (Å²) in [5.74, 6) is 0.191. The second-order valence-electron chi connectivity index (χ2n) is 10.4. The molecule has 0 spiro atoms. The molecule has 6 nitrogen and oxygen atoms in total. The lowest BCUT2D eigenvalue weighted by molar-refractivity contribution is -0.118. The topological polar surface area (TPSA) is 61.9 Å². The van der Waals surface area contributed by atoms with Crippen LogP contribution in [0.4, 0.5) is 17.1 Å². The maximum absolute atomic E-state index is 14.1. The zero-order chi connectivity index (χ0) is 29.8. The van der Waals surface area contributed by atoms with Crippen LogP contribution in [0, 0.1) is 6.92 Å². The van der Waals surface area contributed by atoms with Crippen molar-refractivity contribution in [2.45, 2.75) is 19.6 Å². The summed E-state index contributed by atoms with van der Waals surface area (Å²) in [7, 11) is 0. The SMILES string of the molecule is Cc1ccc(N2C(=O)c3ccccc3N(Cc3ccccc3)[C@@H]2c2ccc(OCC(=O)Nc3cccc(Cl)c3)cc2)cc1. The van der Waals surface area contributed by atoms with E-state index in [9.17, 15) is 9.59 Å². The highest BCUT2D eigenvalue weighted by atomic mass is 35.5. The Labute approximate surface area is 256 Å². The van der Waals surface area contributed by atoms with Gasteiger partial charge in [-0.15, -0.1) is 0 Å². The van der Waals surface area contributed by atoms with E-state index in [1.807, 2.05) is 103 Å². The summed E-state index contributed by atoms with van der Waals surface area (Å²) < 4.78 is 5.80. The Balaban J connectivity index is 1.32. The molecule has 1 atom stereocenters. The molecule has 43 heavy (non-hydrogen) atoms. The van der Waals surface area contributed by atoms with Crippen LogP contribution in [0.25, 0.3) is 0 Å². The van der Waals surface area contributed by atoms with Crippen LogP contribution in [0.15, 0.2) is 127 Å². The Morgan fingerprint density at radius 1 is 0.837 bits per heavy atom. The molecule has 2 amide bonds. The molecule has 0 aliphatic carbocycles. The van der Waals surface area contributed by atoms with Gasteiger partial charge in [-0.05, 0) is 72.6 Å². The average Bonchev–Trinajstić information content (AvgIpc) is 3.03. The Bertz CT molecular complexity index is 1740. The Kier molecular flexibility index (Phi) is 8.11. The predicted molar refractivity (Wildman–Crippen MR) is 172 cm³/mol. The van der Waals surface area contributed by atoms with Crippen molar-refractivity contribution in [3.8, 4) is 5.75 Å². The first-order valence-electron chi connectivity index (χ1n) is 14.0. The third kappa shape index (κ3) is 6.25. The van der Waals surface area contributed by atoms with E-state index < -0.39 is 6.17 Å². The van der Waals surface area contributed by atoms with E-state index in [0.717, 1.165) is 28.1 Å². The molecule has 0 saturated heterocycles. The van der Waals surface area contributed by atoms with Gasteiger partial charge in [-0.3, -0.25) is 14.5 Å². The molecule has 0 bridgehead atoms. The van der Waals surface area contributed by atoms with Gasteiger partial charge < -0.3 is 15.0 Å². The largest absolute Gasteiger partial charge is 0.484 e. The van der Waals surface area contributed by atoms with Crippen LogP contribution < -0.4 is 19.9 Å². The number of nitrogens with one attached hydrogen (secondary N) is 1. The summed E-state index contributed by atoms with van der Waals surface area (Å²) in [5.41, 5.74) is 6.11. The fraction of sp³-hybridized carbons (Fsp3) is 0.111. The third-order valence-corrected chi connectivity index (χ3v) is 7.60. The van der Waals surface area contributed by atoms with Crippen molar-refractivity contribution in [1.29, 1.82) is 0 Å². The molecule has 0 saturated carbocycles. The number of carbonyl (C=O) groups excluding carboxylic acids is 2. The summed E-state index contributed by atoms with van der Waals surface area (Å²) in [6, 6.07) is 40.6. The van der Waals surface area contributed by atoms with Crippen molar-refractivity contribution in [3.05, 3.63) is 155 Å². The van der Waals surface area contributed by atoms with E-state index in [2.05, 4.69) is 22.3 Å². The average molecular weight is 588 g/mol. The van der Waals surface area contributed by atoms with Crippen LogP contribution in [0.2, 0.25) is 5.02 Å². The number of halogens is 1. The van der Waals surface area contributed by atoms with E-state index in [-0.39, 0.29) is 18.4 Å². The summed E-state index contributed by atoms with van der Waals surface area (Å²) in [6.45, 7) is 2.47. The maximum Gasteiger partial charge on any atom is 0.262 e. The zero-order valence-corrected chi connectivity index (χ0v) is 24.4. The molecule has 0 unspecified atom stereocenters. The Hall–Kier alpha value is -5.07. The number of ether oxygens (including phenoxy) is 1. The first-order chi connectivity index (χ1) is 21.0. The number of anilines is 3. The third-order valence-electron chi connectivity index (χ3n) is 7.37. The van der Waals surface area contributed by atoms with Crippen molar-refractivity contribution in [2.75, 3.05) is 21.7 Å². The minimum atomic E-state index is -0.425. The molecule has 5 aromatic carbocycles. The van der Waals surface area contributed by atoms with Gasteiger partial charge in [-0.25, -0.2) is 0 Å². The van der Waals surface area contributed by atoms with Crippen molar-refractivity contribution in [3.63, 3.8) is 0 Å². The monoisotopic (exact) mass is 587 g/mol. The maximum atomic E-state index is 14.1. The number of amides is 2. The van der Waals surface area contributed by atoms with E-state index >= 15 is 0 Å². The number of rotatable bonds is 8. The van der Waals surface area contributed by atoms with Crippen LogP contribution in [0.1, 0.15) is 33.2 Å². The van der Waals surface area contributed by atoms with Gasteiger partial charge >= 0.3 is 0 Å². The van der Waals surface area contributed by atoms with Gasteiger partial charge in [0.15, 0.2) is 6.61 Å². The van der Waals surface area contributed by atoms with Crippen molar-refractivity contribution in [2.24, 2.45) is 0 Å². The van der Waals surface area contributed by atoms with Crippen LogP contribution in [-0.2, 0) is 11.3 Å². The molecule has 214 valence electrons. The smallest absolute Gasteiger partial charge is 0.262 e. The molecule has 0 aromatic heterocycles. The van der Waals surface area contributed by atoms with Crippen molar-refractivity contribution in [1.82, 2.24) is 0 Å². The number of aryl methyl sites for hydroxylation is 1. The van der Waals surface area contributed by atoms with Gasteiger partial charge in [0.1, 0.15) is 11.9 Å². The molecule has 1 aliphatic rings. The quantitative estimate of drug-likeness (QED) is 0.200. The highest BCUT2D eigenvalue weighted by Gasteiger charge is 2.39. The van der Waals surface area contributed by atoms with Gasteiger partial charge in [0.05, 0.1) is 11.3 Å². The van der Waals surface area contributed by atoms with E-state index in [1.165, 1.54) is 0 Å². The lowest BCUT2D eigenvalue weighted by Gasteiger charge is -2.46. The Morgan fingerprint density at radius 2 is 1.56 bits per heavy atom. The van der Waals surface area contributed by atoms with Crippen LogP contribution in [0.3, 0.4) is 0 Å². The highest BCUT2D eigenvalue weighted by Crippen LogP contribution is 2.42. The van der Waals surface area contributed by atoms with Gasteiger partial charge in [0.2, 0.25) is 0 Å². The summed E-state index contributed by atoms with van der Waals surface area (Å²) in [4.78, 5) is 30.7. The van der Waals surface area contributed by atoms with E-state index in [0.29, 0.717) is 28.6 Å². The molecular weight excluding hydrogens is 558 g/mol. The van der Waals surface area contributed by atoms with Crippen LogP contribution in [-0.4, -0.2) is 18.4 Å². The van der Waals surface area contributed by atoms with Gasteiger partial charge in [0.25, 0.3) is 11.8 Å². The number of carbonyl (C=O) groups is 2. The molecule has 6 rings (SSSR count). The first kappa shape index (κ1) is 28.1. The summed E-state index contributed by atoms with van der Waals surface area (Å²) in [5, 5.41) is 3.33. The van der Waals surface area contributed by atoms with Crippen molar-refractivity contribution >= 4 is 40.5 Å². The van der Waals surface area contributed by atoms with Gasteiger partial charge in [0, 0.05) is 22.9 Å². The Morgan fingerprint density at radius 3 is 2.30 bits per heavy atom. The molecule has 0 radical (unpaired) electrons. The minimum Gasteiger partial charge on any atom is -0.484 e. The molecule has 1 N–H and O–H groups in total. The molecular formula is C36H30ClN3O3. The van der Waals surface area contributed by atoms with Crippen LogP contribution in [0.5, 0.6) is 5.75 Å². The molecule has 5 aromatic rings. The summed E-state index contributed by atoms with van der Waals surface area (Å²) >= 11 is 6.02. The van der Waals surface area contributed by atoms with Gasteiger partial charge in [-0.1, -0.05) is 90.0 Å². The normalized spacial score (nSPS) is 14.3. The molecule has 0 fully saturated rings. The molecule has 7 heteroatoms. The fourth-order valence-corrected chi connectivity index (χ4v) is 5.50. The lowest BCUT2D eigenvalue weighted by atomic mass is 9.99. The second-order valence-corrected chi connectivity index (χ2v) is 10.9. The number of para-hydroxylation sites is 1. The standard InChI is InChI=1S/C36H30ClN3O3/c1-25-14-18-30(19-15-25)40-35(39(23-26-8-3-2-4-9-26)33-13-6-5-12-32(33)36(40)42)27-16-20-31(21-17-27)43-24-34(41)38-29-11-7-10-28(37)22-29/h2-22,35H,23-24H2,1H3,(H,38,41)/t35-/m0/s1. The minimum absolute atomic E-state index is 0.0632. The van der Waals surface area contributed by atoms with Crippen LogP contribution >= 0.6 is 11.6 Å². The number of benzene rings is 5. The number of hydrogen-bond donors (Lipinski definition) is 1. The first-order valence-corrected chi connectivity index (χ1v) is 14.4. The zero-order valence-electron chi connectivity index (χ0n) is 23.6. The lowest BCUT2D eigenvalue weighted by Crippen LogP contribution is -2.49. The van der Waals surface area contributed by atoms with E-state index in [1.54, 1.807) is 24.3 Å². The van der Waals surface area contributed by atoms with E-state index in [4.69, 9.17) is 16.3 Å². The number of nitrogens with zero attached hydrogens (tertiary/aromatic N) is 2. The fourth-order valence-electron chi connectivity index (χ4n) is 5.31.